The molecule has 2 heterocycles. The Morgan fingerprint density at radius 1 is 0.467 bits per heavy atom. The van der Waals surface area contributed by atoms with Gasteiger partial charge in [-0.25, -0.2) is 0 Å². The molecule has 228 valence electrons. The first-order valence-corrected chi connectivity index (χ1v) is 12.2. The summed E-state index contributed by atoms with van der Waals surface area (Å²) in [6, 6.07) is 10.5. The van der Waals surface area contributed by atoms with Gasteiger partial charge >= 0.3 is 10.9 Å². The molecular formula is C30H18O14Ti-2. The predicted octanol–water partition coefficient (Wildman–Crippen LogP) is 0.734. The van der Waals surface area contributed by atoms with Crippen molar-refractivity contribution < 1.29 is 91.2 Å². The van der Waals surface area contributed by atoms with Crippen molar-refractivity contribution in [1.82, 2.24) is 0 Å². The zero-order valence-electron chi connectivity index (χ0n) is 22.3. The standard InChI is InChI=1S/2C15H10O7.Ti/c2*16-6-1-2-8(9(18)3-6)15-14(21)13(20)12-10(19)4-7(17)5-11(12)22-15;/h2*1-5,16-19,21H;/p-2. The van der Waals surface area contributed by atoms with Gasteiger partial charge in [0.15, 0.2) is 11.5 Å². The second-order valence-electron chi connectivity index (χ2n) is 9.25. The Bertz CT molecular complexity index is 2080. The van der Waals surface area contributed by atoms with E-state index >= 15 is 0 Å². The number of phenols is 4. The number of benzene rings is 4. The largest absolute Gasteiger partial charge is 0.872 e. The minimum Gasteiger partial charge on any atom is -0.872 e. The third kappa shape index (κ3) is 5.82. The summed E-state index contributed by atoms with van der Waals surface area (Å²) in [5.74, 6) is -6.40. The Labute approximate surface area is 264 Å². The van der Waals surface area contributed by atoms with Gasteiger partial charge in [0.1, 0.15) is 44.9 Å². The molecule has 4 aromatic carbocycles. The Morgan fingerprint density at radius 2 is 0.800 bits per heavy atom. The second kappa shape index (κ2) is 12.0. The molecule has 0 unspecified atom stereocenters. The van der Waals surface area contributed by atoms with Gasteiger partial charge in [0, 0.05) is 45.0 Å². The molecule has 0 bridgehead atoms. The first-order chi connectivity index (χ1) is 20.8. The molecule has 0 atom stereocenters. The summed E-state index contributed by atoms with van der Waals surface area (Å²) in [6.07, 6.45) is 0. The maximum atomic E-state index is 11.9. The van der Waals surface area contributed by atoms with Crippen LogP contribution in [0.3, 0.4) is 0 Å². The number of phenolic OH excluding ortho intramolecular Hbond substituents is 4. The normalized spacial score (nSPS) is 10.7. The van der Waals surface area contributed by atoms with Crippen LogP contribution in [0.25, 0.3) is 44.6 Å². The zero-order chi connectivity index (χ0) is 32.0. The molecule has 0 spiro atoms. The van der Waals surface area contributed by atoms with Gasteiger partial charge in [0.2, 0.25) is 0 Å². The number of fused-ring (bicyclic) bond motifs is 2. The molecule has 14 nitrogen and oxygen atoms in total. The van der Waals surface area contributed by atoms with Crippen LogP contribution in [0.4, 0.5) is 0 Å². The van der Waals surface area contributed by atoms with Crippen LogP contribution in [0.15, 0.2) is 69.5 Å². The molecule has 45 heavy (non-hydrogen) atoms. The molecule has 2 aromatic heterocycles. The molecule has 6 aromatic rings. The van der Waals surface area contributed by atoms with Crippen molar-refractivity contribution in [3.05, 3.63) is 71.5 Å². The molecule has 15 heteroatoms. The van der Waals surface area contributed by atoms with E-state index in [0.717, 1.165) is 36.4 Å². The molecular weight excluding hydrogens is 632 g/mol. The topological polar surface area (TPSA) is 283 Å². The molecule has 0 saturated heterocycles. The summed E-state index contributed by atoms with van der Waals surface area (Å²) < 4.78 is 10.6. The van der Waals surface area contributed by atoms with Crippen molar-refractivity contribution in [3.63, 3.8) is 0 Å². The fourth-order valence-corrected chi connectivity index (χ4v) is 4.31. The summed E-state index contributed by atoms with van der Waals surface area (Å²) in [7, 11) is 0. The smallest absolute Gasteiger partial charge is 0.395 e. The van der Waals surface area contributed by atoms with Gasteiger partial charge < -0.3 is 59.9 Å². The average Bonchev–Trinajstić information content (AvgIpc) is 2.93. The van der Waals surface area contributed by atoms with Crippen molar-refractivity contribution in [2.24, 2.45) is 0 Å². The number of rotatable bonds is 2. The minimum absolute atomic E-state index is 0. The maximum Gasteiger partial charge on any atom is 0.395 e. The van der Waals surface area contributed by atoms with Gasteiger partial charge in [-0.2, -0.15) is 0 Å². The summed E-state index contributed by atoms with van der Waals surface area (Å²) >= 11 is 0. The third-order valence-electron chi connectivity index (χ3n) is 6.30. The molecule has 8 N–H and O–H groups in total. The van der Waals surface area contributed by atoms with Crippen LogP contribution < -0.4 is 31.3 Å². The Morgan fingerprint density at radius 3 is 1.13 bits per heavy atom. The number of hydrogen-bond donors (Lipinski definition) is 6. The predicted molar refractivity (Wildman–Crippen MR) is 141 cm³/mol. The second-order valence-corrected chi connectivity index (χ2v) is 9.25. The number of aromatic hydroxyl groups is 6. The summed E-state index contributed by atoms with van der Waals surface area (Å²) in [6.45, 7) is 0. The van der Waals surface area contributed by atoms with Crippen molar-refractivity contribution in [2.45, 2.75) is 0 Å². The van der Waals surface area contributed by atoms with E-state index in [1.54, 1.807) is 0 Å². The number of hydrogen-bond acceptors (Lipinski definition) is 12. The van der Waals surface area contributed by atoms with Crippen LogP contribution in [-0.2, 0) is 21.7 Å². The molecule has 0 aliphatic heterocycles. The van der Waals surface area contributed by atoms with E-state index < -0.39 is 45.4 Å². The molecule has 0 fully saturated rings. The Hall–Kier alpha value is -5.99. The summed E-state index contributed by atoms with van der Waals surface area (Å²) in [4.78, 5) is 19.9. The molecule has 0 aliphatic rings. The Kier molecular flexibility index (Phi) is 8.48. The molecule has 0 amide bonds. The molecule has 0 radical (unpaired) electrons. The van der Waals surface area contributed by atoms with E-state index in [0.29, 0.717) is 0 Å². The summed E-state index contributed by atoms with van der Waals surface area (Å²) in [5.41, 5.74) is -2.14. The fraction of sp³-hybridized carbons (Fsp3) is 0. The van der Waals surface area contributed by atoms with Gasteiger partial charge in [0.25, 0.3) is 11.5 Å². The van der Waals surface area contributed by atoms with E-state index in [1.165, 1.54) is 24.3 Å². The third-order valence-corrected chi connectivity index (χ3v) is 6.30. The van der Waals surface area contributed by atoms with E-state index in [-0.39, 0.29) is 89.3 Å². The first kappa shape index (κ1) is 31.9. The molecule has 0 aliphatic carbocycles. The van der Waals surface area contributed by atoms with Crippen LogP contribution in [0.1, 0.15) is 0 Å². The molecule has 6 rings (SSSR count). The van der Waals surface area contributed by atoms with Crippen molar-refractivity contribution in [1.29, 1.82) is 0 Å². The van der Waals surface area contributed by atoms with Crippen molar-refractivity contribution >= 4 is 21.9 Å². The van der Waals surface area contributed by atoms with Crippen LogP contribution in [0.2, 0.25) is 0 Å². The van der Waals surface area contributed by atoms with Crippen LogP contribution in [0.5, 0.6) is 57.5 Å². The van der Waals surface area contributed by atoms with E-state index in [2.05, 4.69) is 0 Å². The van der Waals surface area contributed by atoms with Gasteiger partial charge in [0.05, 0.1) is 0 Å². The van der Waals surface area contributed by atoms with Gasteiger partial charge in [-0.3, -0.25) is 9.59 Å². The zero-order valence-corrected chi connectivity index (χ0v) is 23.9. The first-order valence-electron chi connectivity index (χ1n) is 12.2. The monoisotopic (exact) mass is 650 g/mol. The average molecular weight is 650 g/mol. The van der Waals surface area contributed by atoms with Crippen molar-refractivity contribution in [3.8, 4) is 80.1 Å². The molecule has 0 saturated carbocycles. The van der Waals surface area contributed by atoms with Crippen LogP contribution >= 0.6 is 0 Å². The minimum atomic E-state index is -0.780. The quantitative estimate of drug-likeness (QED) is 0.112. The van der Waals surface area contributed by atoms with Crippen LogP contribution in [0, 0.1) is 0 Å². The van der Waals surface area contributed by atoms with E-state index in [4.69, 9.17) is 8.83 Å². The van der Waals surface area contributed by atoms with Gasteiger partial charge in [-0.05, 0) is 48.5 Å². The summed E-state index contributed by atoms with van der Waals surface area (Å²) in [5, 5.41) is 104. The maximum absolute atomic E-state index is 11.9. The van der Waals surface area contributed by atoms with E-state index in [1.807, 2.05) is 0 Å². The van der Waals surface area contributed by atoms with Crippen molar-refractivity contribution in [2.75, 3.05) is 0 Å². The fourth-order valence-electron chi connectivity index (χ4n) is 4.31. The Balaban J connectivity index is 0.000000200. The van der Waals surface area contributed by atoms with E-state index in [9.17, 15) is 60.7 Å². The van der Waals surface area contributed by atoms with Gasteiger partial charge in [-0.1, -0.05) is 23.0 Å². The van der Waals surface area contributed by atoms with Crippen LogP contribution in [-0.4, -0.2) is 40.2 Å². The van der Waals surface area contributed by atoms with Gasteiger partial charge in [-0.15, -0.1) is 0 Å². The SMILES string of the molecule is [O-]c1cc(O)ccc1-c1oc2cc(O)cc([O-])c2c(=[OH+])c1O.[O-]c1cc(O)ccc1-c1oc2cc(O)cc([O-])c2c(=[OH+])c1O.[Ti].